The van der Waals surface area contributed by atoms with Crippen LogP contribution in [0, 0.1) is 0 Å². The van der Waals surface area contributed by atoms with E-state index < -0.39 is 11.9 Å². The number of amides is 1. The Morgan fingerprint density at radius 2 is 2.11 bits per heavy atom. The standard InChI is InChI=1S/C13H16N2O3/c1-13(2,10-5-3-4-8-14-10)9-15-11(16)6-7-12(17)18/h3-8H,9H2,1-2H3,(H,15,16)(H,17,18)/b7-6+. The molecule has 0 aliphatic heterocycles. The molecule has 5 heteroatoms. The van der Waals surface area contributed by atoms with Gasteiger partial charge in [0, 0.05) is 36.0 Å². The quantitative estimate of drug-likeness (QED) is 0.765. The molecule has 1 rings (SSSR count). The van der Waals surface area contributed by atoms with Gasteiger partial charge in [0.1, 0.15) is 0 Å². The van der Waals surface area contributed by atoms with Crippen LogP contribution in [0.1, 0.15) is 19.5 Å². The van der Waals surface area contributed by atoms with Crippen LogP contribution in [0.3, 0.4) is 0 Å². The Morgan fingerprint density at radius 1 is 1.39 bits per heavy atom. The molecule has 0 unspecified atom stereocenters. The maximum absolute atomic E-state index is 11.3. The number of carbonyl (C=O) groups excluding carboxylic acids is 1. The number of aromatic nitrogens is 1. The molecule has 1 aromatic rings. The second-order valence-corrected chi connectivity index (χ2v) is 4.49. The summed E-state index contributed by atoms with van der Waals surface area (Å²) in [7, 11) is 0. The van der Waals surface area contributed by atoms with Gasteiger partial charge in [-0.05, 0) is 12.1 Å². The molecular formula is C13H16N2O3. The van der Waals surface area contributed by atoms with Crippen LogP contribution in [0.15, 0.2) is 36.5 Å². The van der Waals surface area contributed by atoms with E-state index in [1.54, 1.807) is 6.20 Å². The van der Waals surface area contributed by atoms with Gasteiger partial charge in [-0.1, -0.05) is 19.9 Å². The SMILES string of the molecule is CC(C)(CNC(=O)/C=C/C(=O)O)c1ccccn1. The number of rotatable bonds is 5. The van der Waals surface area contributed by atoms with E-state index in [4.69, 9.17) is 5.11 Å². The number of nitrogens with zero attached hydrogens (tertiary/aromatic N) is 1. The minimum atomic E-state index is -1.14. The summed E-state index contributed by atoms with van der Waals surface area (Å²) in [5, 5.41) is 11.0. The monoisotopic (exact) mass is 248 g/mol. The molecule has 96 valence electrons. The van der Waals surface area contributed by atoms with Gasteiger partial charge in [-0.25, -0.2) is 4.79 Å². The molecule has 0 atom stereocenters. The Labute approximate surface area is 106 Å². The number of carboxylic acids is 1. The van der Waals surface area contributed by atoms with E-state index in [9.17, 15) is 9.59 Å². The highest BCUT2D eigenvalue weighted by Gasteiger charge is 2.22. The highest BCUT2D eigenvalue weighted by atomic mass is 16.4. The molecule has 1 aromatic heterocycles. The maximum atomic E-state index is 11.3. The average molecular weight is 248 g/mol. The van der Waals surface area contributed by atoms with E-state index in [1.165, 1.54) is 0 Å². The summed E-state index contributed by atoms with van der Waals surface area (Å²) in [6.07, 6.45) is 3.50. The Morgan fingerprint density at radius 3 is 2.67 bits per heavy atom. The molecule has 0 saturated heterocycles. The number of aliphatic carboxylic acids is 1. The Kier molecular flexibility index (Phi) is 4.59. The molecule has 18 heavy (non-hydrogen) atoms. The van der Waals surface area contributed by atoms with Gasteiger partial charge >= 0.3 is 5.97 Å². The molecule has 0 saturated carbocycles. The molecule has 0 spiro atoms. The van der Waals surface area contributed by atoms with E-state index in [0.29, 0.717) is 6.54 Å². The summed E-state index contributed by atoms with van der Waals surface area (Å²) in [4.78, 5) is 25.8. The van der Waals surface area contributed by atoms with Crippen molar-refractivity contribution in [3.8, 4) is 0 Å². The van der Waals surface area contributed by atoms with Gasteiger partial charge in [-0.15, -0.1) is 0 Å². The van der Waals surface area contributed by atoms with Gasteiger partial charge in [-0.3, -0.25) is 9.78 Å². The number of hydrogen-bond donors (Lipinski definition) is 2. The van der Waals surface area contributed by atoms with E-state index in [-0.39, 0.29) is 5.41 Å². The molecule has 2 N–H and O–H groups in total. The zero-order chi connectivity index (χ0) is 13.6. The van der Waals surface area contributed by atoms with Crippen LogP contribution in [-0.4, -0.2) is 28.5 Å². The van der Waals surface area contributed by atoms with Crippen molar-refractivity contribution in [3.63, 3.8) is 0 Å². The number of nitrogens with one attached hydrogen (secondary N) is 1. The summed E-state index contributed by atoms with van der Waals surface area (Å²) >= 11 is 0. The van der Waals surface area contributed by atoms with Crippen LogP contribution in [0.25, 0.3) is 0 Å². The first-order valence-electron chi connectivity index (χ1n) is 5.52. The fraction of sp³-hybridized carbons (Fsp3) is 0.308. The van der Waals surface area contributed by atoms with E-state index in [2.05, 4.69) is 10.3 Å². The van der Waals surface area contributed by atoms with Crippen molar-refractivity contribution in [1.82, 2.24) is 10.3 Å². The predicted octanol–water partition coefficient (Wildman–Crippen LogP) is 1.12. The third-order valence-electron chi connectivity index (χ3n) is 2.44. The minimum absolute atomic E-state index is 0.312. The molecule has 0 bridgehead atoms. The van der Waals surface area contributed by atoms with Crippen molar-refractivity contribution < 1.29 is 14.7 Å². The smallest absolute Gasteiger partial charge is 0.328 e. The van der Waals surface area contributed by atoms with Crippen LogP contribution in [0.5, 0.6) is 0 Å². The molecule has 0 fully saturated rings. The van der Waals surface area contributed by atoms with Crippen LogP contribution < -0.4 is 5.32 Å². The zero-order valence-electron chi connectivity index (χ0n) is 10.4. The minimum Gasteiger partial charge on any atom is -0.478 e. The van der Waals surface area contributed by atoms with Gasteiger partial charge in [0.05, 0.1) is 0 Å². The molecule has 5 nitrogen and oxygen atoms in total. The lowest BCUT2D eigenvalue weighted by Gasteiger charge is -2.23. The van der Waals surface area contributed by atoms with Crippen molar-refractivity contribution in [2.24, 2.45) is 0 Å². The third-order valence-corrected chi connectivity index (χ3v) is 2.44. The summed E-state index contributed by atoms with van der Waals surface area (Å²) < 4.78 is 0. The Balaban J connectivity index is 2.57. The van der Waals surface area contributed by atoms with Gasteiger partial charge in [0.2, 0.25) is 5.91 Å². The summed E-state index contributed by atoms with van der Waals surface area (Å²) in [6.45, 7) is 4.29. The molecular weight excluding hydrogens is 232 g/mol. The van der Waals surface area contributed by atoms with E-state index in [1.807, 2.05) is 32.0 Å². The lowest BCUT2D eigenvalue weighted by molar-refractivity contribution is -0.131. The summed E-state index contributed by atoms with van der Waals surface area (Å²) in [5.74, 6) is -1.57. The second kappa shape index (κ2) is 5.95. The van der Waals surface area contributed by atoms with Crippen molar-refractivity contribution in [2.45, 2.75) is 19.3 Å². The van der Waals surface area contributed by atoms with Crippen LogP contribution >= 0.6 is 0 Å². The molecule has 0 aliphatic carbocycles. The number of carbonyl (C=O) groups is 2. The van der Waals surface area contributed by atoms with Gasteiger partial charge < -0.3 is 10.4 Å². The van der Waals surface area contributed by atoms with E-state index >= 15 is 0 Å². The molecule has 1 amide bonds. The average Bonchev–Trinajstić information content (AvgIpc) is 2.35. The first-order valence-corrected chi connectivity index (χ1v) is 5.52. The zero-order valence-corrected chi connectivity index (χ0v) is 10.4. The van der Waals surface area contributed by atoms with Gasteiger partial charge in [0.15, 0.2) is 0 Å². The number of pyridine rings is 1. The fourth-order valence-electron chi connectivity index (χ4n) is 1.37. The normalized spacial score (nSPS) is 11.4. The van der Waals surface area contributed by atoms with E-state index in [0.717, 1.165) is 17.8 Å². The van der Waals surface area contributed by atoms with Crippen LogP contribution in [0.2, 0.25) is 0 Å². The molecule has 1 heterocycles. The predicted molar refractivity (Wildman–Crippen MR) is 67.0 cm³/mol. The topological polar surface area (TPSA) is 79.3 Å². The number of hydrogen-bond acceptors (Lipinski definition) is 3. The van der Waals surface area contributed by atoms with Crippen molar-refractivity contribution in [2.75, 3.05) is 6.54 Å². The lowest BCUT2D eigenvalue weighted by Crippen LogP contribution is -2.36. The van der Waals surface area contributed by atoms with Crippen molar-refractivity contribution in [3.05, 3.63) is 42.2 Å². The summed E-state index contributed by atoms with van der Waals surface area (Å²) in [5.41, 5.74) is 0.557. The summed E-state index contributed by atoms with van der Waals surface area (Å²) in [6, 6.07) is 5.60. The molecule has 0 aromatic carbocycles. The van der Waals surface area contributed by atoms with Gasteiger partial charge in [-0.2, -0.15) is 0 Å². The Hall–Kier alpha value is -2.17. The molecule has 0 aliphatic rings. The largest absolute Gasteiger partial charge is 0.478 e. The van der Waals surface area contributed by atoms with Gasteiger partial charge in [0.25, 0.3) is 0 Å². The Bertz CT molecular complexity index is 453. The van der Waals surface area contributed by atoms with Crippen molar-refractivity contribution in [1.29, 1.82) is 0 Å². The first kappa shape index (κ1) is 13.9. The van der Waals surface area contributed by atoms with Crippen LogP contribution in [-0.2, 0) is 15.0 Å². The highest BCUT2D eigenvalue weighted by molar-refractivity contribution is 5.93. The second-order valence-electron chi connectivity index (χ2n) is 4.49. The third kappa shape index (κ3) is 4.37. The van der Waals surface area contributed by atoms with Crippen molar-refractivity contribution >= 4 is 11.9 Å². The first-order chi connectivity index (χ1) is 8.42. The number of carboxylic acid groups (broad SMARTS) is 1. The highest BCUT2D eigenvalue weighted by Crippen LogP contribution is 2.19. The fourth-order valence-corrected chi connectivity index (χ4v) is 1.37. The van der Waals surface area contributed by atoms with Crippen LogP contribution in [0.4, 0.5) is 0 Å². The lowest BCUT2D eigenvalue weighted by atomic mass is 9.88. The maximum Gasteiger partial charge on any atom is 0.328 e. The molecule has 0 radical (unpaired) electrons.